The summed E-state index contributed by atoms with van der Waals surface area (Å²) in [5.74, 6) is 0.0703. The number of carbonyl (C=O) groups is 1. The van der Waals surface area contributed by atoms with Crippen LogP contribution in [0.25, 0.3) is 0 Å². The summed E-state index contributed by atoms with van der Waals surface area (Å²) < 4.78 is 0. The Morgan fingerprint density at radius 3 is 2.73 bits per heavy atom. The lowest BCUT2D eigenvalue weighted by atomic mass is 10.1. The first-order chi connectivity index (χ1) is 5.22. The van der Waals surface area contributed by atoms with Gasteiger partial charge in [-0.1, -0.05) is 13.3 Å². The van der Waals surface area contributed by atoms with E-state index in [1.807, 2.05) is 6.92 Å². The van der Waals surface area contributed by atoms with E-state index in [-0.39, 0.29) is 12.4 Å². The number of aliphatic hydroxyl groups is 1. The van der Waals surface area contributed by atoms with Crippen LogP contribution in [-0.2, 0) is 4.79 Å². The van der Waals surface area contributed by atoms with Crippen LogP contribution in [0, 0.1) is 0 Å². The topological polar surface area (TPSA) is 63.3 Å². The third-order valence-electron chi connectivity index (χ3n) is 1.63. The third kappa shape index (κ3) is 4.93. The van der Waals surface area contributed by atoms with Crippen molar-refractivity contribution in [1.29, 1.82) is 0 Å². The van der Waals surface area contributed by atoms with Gasteiger partial charge in [0.15, 0.2) is 0 Å². The van der Waals surface area contributed by atoms with Crippen LogP contribution < -0.4 is 5.73 Å². The van der Waals surface area contributed by atoms with E-state index in [0.717, 1.165) is 12.8 Å². The van der Waals surface area contributed by atoms with Gasteiger partial charge in [0.25, 0.3) is 0 Å². The SMILES string of the molecule is CCCCC(=O)[C@@H](N)CCO. The molecule has 0 bridgehead atoms. The van der Waals surface area contributed by atoms with Crippen LogP contribution in [-0.4, -0.2) is 23.5 Å². The molecule has 0 aromatic carbocycles. The Hall–Kier alpha value is -0.410. The average Bonchev–Trinajstić information content (AvgIpc) is 2.00. The third-order valence-corrected chi connectivity index (χ3v) is 1.63. The van der Waals surface area contributed by atoms with E-state index in [4.69, 9.17) is 10.8 Å². The summed E-state index contributed by atoms with van der Waals surface area (Å²) >= 11 is 0. The summed E-state index contributed by atoms with van der Waals surface area (Å²) in [6, 6.07) is -0.452. The Bertz CT molecular complexity index is 115. The highest BCUT2D eigenvalue weighted by Gasteiger charge is 2.10. The van der Waals surface area contributed by atoms with E-state index in [1.54, 1.807) is 0 Å². The molecule has 0 spiro atoms. The largest absolute Gasteiger partial charge is 0.396 e. The number of unbranched alkanes of at least 4 members (excludes halogenated alkanes) is 1. The van der Waals surface area contributed by atoms with Crippen LogP contribution in [0.3, 0.4) is 0 Å². The maximum atomic E-state index is 11.1. The quantitative estimate of drug-likeness (QED) is 0.591. The molecular formula is C8H17NO2. The highest BCUT2D eigenvalue weighted by atomic mass is 16.3. The summed E-state index contributed by atoms with van der Waals surface area (Å²) in [4.78, 5) is 11.1. The molecule has 3 heteroatoms. The molecule has 0 fully saturated rings. The number of aliphatic hydroxyl groups excluding tert-OH is 1. The van der Waals surface area contributed by atoms with Crippen LogP contribution in [0.15, 0.2) is 0 Å². The van der Waals surface area contributed by atoms with Crippen LogP contribution >= 0.6 is 0 Å². The number of carbonyl (C=O) groups excluding carboxylic acids is 1. The van der Waals surface area contributed by atoms with Crippen molar-refractivity contribution in [3.8, 4) is 0 Å². The van der Waals surface area contributed by atoms with Crippen molar-refractivity contribution in [1.82, 2.24) is 0 Å². The first kappa shape index (κ1) is 10.6. The number of nitrogens with two attached hydrogens (primary N) is 1. The van der Waals surface area contributed by atoms with Crippen molar-refractivity contribution < 1.29 is 9.90 Å². The minimum absolute atomic E-state index is 0.000961. The summed E-state index contributed by atoms with van der Waals surface area (Å²) in [6.45, 7) is 2.03. The fourth-order valence-corrected chi connectivity index (χ4v) is 0.836. The number of rotatable bonds is 6. The van der Waals surface area contributed by atoms with Crippen LogP contribution in [0.2, 0.25) is 0 Å². The number of hydrogen-bond donors (Lipinski definition) is 2. The molecule has 0 unspecified atom stereocenters. The van der Waals surface area contributed by atoms with Gasteiger partial charge in [-0.3, -0.25) is 4.79 Å². The zero-order valence-corrected chi connectivity index (χ0v) is 7.05. The molecule has 0 aromatic rings. The molecule has 0 saturated carbocycles. The standard InChI is InChI=1S/C8H17NO2/c1-2-3-4-8(11)7(9)5-6-10/h7,10H,2-6,9H2,1H3/t7-/m0/s1. The fourth-order valence-electron chi connectivity index (χ4n) is 0.836. The fraction of sp³-hybridized carbons (Fsp3) is 0.875. The molecule has 3 nitrogen and oxygen atoms in total. The molecule has 0 saturated heterocycles. The zero-order chi connectivity index (χ0) is 8.69. The Morgan fingerprint density at radius 1 is 1.64 bits per heavy atom. The molecule has 66 valence electrons. The molecule has 11 heavy (non-hydrogen) atoms. The number of Topliss-reactive ketones (excluding diaryl/α,β-unsaturated/α-hetero) is 1. The predicted molar refractivity (Wildman–Crippen MR) is 44.2 cm³/mol. The van der Waals surface area contributed by atoms with E-state index < -0.39 is 6.04 Å². The van der Waals surface area contributed by atoms with E-state index in [9.17, 15) is 4.79 Å². The maximum Gasteiger partial charge on any atom is 0.149 e. The Morgan fingerprint density at radius 2 is 2.27 bits per heavy atom. The predicted octanol–water partition coefficient (Wildman–Crippen LogP) is 0.455. The first-order valence-electron chi connectivity index (χ1n) is 4.11. The molecule has 0 heterocycles. The van der Waals surface area contributed by atoms with Gasteiger partial charge in [-0.15, -0.1) is 0 Å². The molecule has 0 aliphatic heterocycles. The molecule has 0 rings (SSSR count). The van der Waals surface area contributed by atoms with Gasteiger partial charge in [-0.25, -0.2) is 0 Å². The van der Waals surface area contributed by atoms with Crippen molar-refractivity contribution in [3.05, 3.63) is 0 Å². The number of hydrogen-bond acceptors (Lipinski definition) is 3. The molecule has 1 atom stereocenters. The second kappa shape index (κ2) is 6.31. The molecule has 0 radical (unpaired) electrons. The second-order valence-electron chi connectivity index (χ2n) is 2.69. The van der Waals surface area contributed by atoms with E-state index in [0.29, 0.717) is 12.8 Å². The van der Waals surface area contributed by atoms with Crippen molar-refractivity contribution in [3.63, 3.8) is 0 Å². The smallest absolute Gasteiger partial charge is 0.149 e. The van der Waals surface area contributed by atoms with Gasteiger partial charge < -0.3 is 10.8 Å². The van der Waals surface area contributed by atoms with Crippen molar-refractivity contribution in [2.24, 2.45) is 5.73 Å². The monoisotopic (exact) mass is 159 g/mol. The minimum atomic E-state index is -0.452. The van der Waals surface area contributed by atoms with Crippen molar-refractivity contribution in [2.75, 3.05) is 6.61 Å². The lowest BCUT2D eigenvalue weighted by Crippen LogP contribution is -2.31. The van der Waals surface area contributed by atoms with Gasteiger partial charge in [0.1, 0.15) is 5.78 Å². The summed E-state index contributed by atoms with van der Waals surface area (Å²) in [6.07, 6.45) is 2.86. The Kier molecular flexibility index (Phi) is 6.07. The molecule has 3 N–H and O–H groups in total. The Balaban J connectivity index is 3.47. The molecule has 0 amide bonds. The average molecular weight is 159 g/mol. The van der Waals surface area contributed by atoms with Crippen LogP contribution in [0.1, 0.15) is 32.6 Å². The van der Waals surface area contributed by atoms with Crippen molar-refractivity contribution >= 4 is 5.78 Å². The van der Waals surface area contributed by atoms with Crippen LogP contribution in [0.5, 0.6) is 0 Å². The highest BCUT2D eigenvalue weighted by molar-refractivity contribution is 5.83. The van der Waals surface area contributed by atoms with Crippen molar-refractivity contribution in [2.45, 2.75) is 38.6 Å². The molecule has 0 aromatic heterocycles. The summed E-state index contributed by atoms with van der Waals surface area (Å²) in [5, 5.41) is 8.48. The highest BCUT2D eigenvalue weighted by Crippen LogP contribution is 1.99. The minimum Gasteiger partial charge on any atom is -0.396 e. The second-order valence-corrected chi connectivity index (χ2v) is 2.69. The zero-order valence-electron chi connectivity index (χ0n) is 7.05. The van der Waals surface area contributed by atoms with Gasteiger partial charge in [-0.05, 0) is 12.8 Å². The normalized spacial score (nSPS) is 13.0. The Labute approximate surface area is 67.6 Å². The molecule has 0 aliphatic rings. The molecular weight excluding hydrogens is 142 g/mol. The lowest BCUT2D eigenvalue weighted by Gasteiger charge is -2.07. The summed E-state index contributed by atoms with van der Waals surface area (Å²) in [5.41, 5.74) is 5.46. The summed E-state index contributed by atoms with van der Waals surface area (Å²) in [7, 11) is 0. The van der Waals surface area contributed by atoms with Gasteiger partial charge in [0, 0.05) is 13.0 Å². The molecule has 0 aliphatic carbocycles. The van der Waals surface area contributed by atoms with Gasteiger partial charge in [-0.2, -0.15) is 0 Å². The van der Waals surface area contributed by atoms with Gasteiger partial charge in [0.2, 0.25) is 0 Å². The van der Waals surface area contributed by atoms with Gasteiger partial charge in [0.05, 0.1) is 6.04 Å². The number of ketones is 1. The first-order valence-corrected chi connectivity index (χ1v) is 4.11. The van der Waals surface area contributed by atoms with Gasteiger partial charge >= 0.3 is 0 Å². The maximum absolute atomic E-state index is 11.1. The van der Waals surface area contributed by atoms with E-state index in [2.05, 4.69) is 0 Å². The van der Waals surface area contributed by atoms with Crippen LogP contribution in [0.4, 0.5) is 0 Å². The lowest BCUT2D eigenvalue weighted by molar-refractivity contribution is -0.120. The van der Waals surface area contributed by atoms with E-state index >= 15 is 0 Å². The van der Waals surface area contributed by atoms with E-state index in [1.165, 1.54) is 0 Å².